The Morgan fingerprint density at radius 3 is 2.77 bits per heavy atom. The number of carbonyl (C=O) groups is 1. The van der Waals surface area contributed by atoms with Crippen molar-refractivity contribution in [1.82, 2.24) is 5.32 Å². The Labute approximate surface area is 133 Å². The van der Waals surface area contributed by atoms with E-state index in [1.807, 2.05) is 0 Å². The van der Waals surface area contributed by atoms with Gasteiger partial charge in [-0.15, -0.1) is 0 Å². The third-order valence-corrected chi connectivity index (χ3v) is 5.10. The van der Waals surface area contributed by atoms with Crippen LogP contribution in [0.5, 0.6) is 0 Å². The molecule has 128 valence electrons. The Bertz CT molecular complexity index is 332. The van der Waals surface area contributed by atoms with Crippen molar-refractivity contribution in [2.45, 2.75) is 70.4 Å². The van der Waals surface area contributed by atoms with Gasteiger partial charge >= 0.3 is 0 Å². The molecule has 0 aromatic heterocycles. The molecule has 2 aliphatic rings. The van der Waals surface area contributed by atoms with Crippen molar-refractivity contribution in [3.8, 4) is 0 Å². The largest absolute Gasteiger partial charge is 0.396 e. The molecule has 0 bridgehead atoms. The molecule has 1 amide bonds. The summed E-state index contributed by atoms with van der Waals surface area (Å²) in [6, 6.07) is -0.0829. The fourth-order valence-corrected chi connectivity index (χ4v) is 3.54. The maximum Gasteiger partial charge on any atom is 0.246 e. The van der Waals surface area contributed by atoms with Gasteiger partial charge in [-0.05, 0) is 32.1 Å². The van der Waals surface area contributed by atoms with Crippen molar-refractivity contribution in [1.29, 1.82) is 0 Å². The highest BCUT2D eigenvalue weighted by molar-refractivity contribution is 5.77. The first-order valence-electron chi connectivity index (χ1n) is 8.81. The van der Waals surface area contributed by atoms with Crippen LogP contribution in [0.4, 0.5) is 0 Å². The molecule has 1 aliphatic heterocycles. The maximum absolute atomic E-state index is 12.2. The lowest BCUT2D eigenvalue weighted by molar-refractivity contribution is -0.131. The first-order chi connectivity index (χ1) is 10.7. The van der Waals surface area contributed by atoms with Crippen LogP contribution in [0.2, 0.25) is 0 Å². The summed E-state index contributed by atoms with van der Waals surface area (Å²) in [6.07, 6.45) is 8.36. The zero-order valence-corrected chi connectivity index (χ0v) is 13.8. The molecular formula is C17H31NO4. The van der Waals surface area contributed by atoms with Gasteiger partial charge in [-0.1, -0.05) is 26.2 Å². The van der Waals surface area contributed by atoms with Crippen LogP contribution in [-0.2, 0) is 14.3 Å². The normalized spacial score (nSPS) is 24.7. The van der Waals surface area contributed by atoms with Gasteiger partial charge in [-0.25, -0.2) is 0 Å². The number of unbranched alkanes of at least 4 members (excludes halogenated alkanes) is 2. The lowest BCUT2D eigenvalue weighted by atomic mass is 9.63. The van der Waals surface area contributed by atoms with E-state index in [2.05, 4.69) is 12.2 Å². The Balaban J connectivity index is 1.82. The summed E-state index contributed by atoms with van der Waals surface area (Å²) in [5.41, 5.74) is -0.188. The van der Waals surface area contributed by atoms with E-state index in [9.17, 15) is 9.90 Å². The second kappa shape index (κ2) is 8.85. The number of carbonyl (C=O) groups excluding carboxylic acids is 1. The zero-order valence-electron chi connectivity index (χ0n) is 13.8. The number of aliphatic hydroxyl groups is 1. The molecule has 0 aromatic carbocycles. The smallest absolute Gasteiger partial charge is 0.246 e. The number of nitrogens with one attached hydrogen (secondary N) is 1. The van der Waals surface area contributed by atoms with Gasteiger partial charge in [0.1, 0.15) is 6.61 Å². The fraction of sp³-hybridized carbons (Fsp3) is 0.941. The van der Waals surface area contributed by atoms with Crippen LogP contribution < -0.4 is 5.32 Å². The van der Waals surface area contributed by atoms with Gasteiger partial charge in [0.2, 0.25) is 5.91 Å². The van der Waals surface area contributed by atoms with E-state index in [1.165, 1.54) is 0 Å². The highest BCUT2D eigenvalue weighted by Gasteiger charge is 2.48. The zero-order chi connectivity index (χ0) is 15.8. The predicted molar refractivity (Wildman–Crippen MR) is 84.6 cm³/mol. The highest BCUT2D eigenvalue weighted by atomic mass is 16.5. The molecule has 2 fully saturated rings. The molecular weight excluding hydrogens is 282 g/mol. The third-order valence-electron chi connectivity index (χ3n) is 5.10. The Morgan fingerprint density at radius 1 is 1.41 bits per heavy atom. The summed E-state index contributed by atoms with van der Waals surface area (Å²) in [5.74, 6) is -0.0864. The van der Waals surface area contributed by atoms with E-state index < -0.39 is 0 Å². The van der Waals surface area contributed by atoms with Crippen LogP contribution in [0, 0.1) is 5.41 Å². The molecule has 1 aliphatic carbocycles. The Hall–Kier alpha value is -0.650. The number of aliphatic hydroxyl groups excluding tert-OH is 1. The number of amides is 1. The van der Waals surface area contributed by atoms with Crippen LogP contribution in [0.1, 0.15) is 58.3 Å². The number of rotatable bonds is 10. The SMILES string of the molecule is CCCCCOCC(=O)NC(C1CCCO1)C1(CO)CCC1. The molecule has 5 heteroatoms. The molecule has 1 saturated carbocycles. The molecule has 0 spiro atoms. The van der Waals surface area contributed by atoms with Crippen molar-refractivity contribution in [2.24, 2.45) is 5.41 Å². The second-order valence-corrected chi connectivity index (χ2v) is 6.73. The van der Waals surface area contributed by atoms with Crippen LogP contribution in [0.15, 0.2) is 0 Å². The lowest BCUT2D eigenvalue weighted by Crippen LogP contribution is -2.59. The van der Waals surface area contributed by atoms with E-state index in [1.54, 1.807) is 0 Å². The van der Waals surface area contributed by atoms with Gasteiger partial charge in [-0.2, -0.15) is 0 Å². The van der Waals surface area contributed by atoms with E-state index in [0.717, 1.165) is 58.0 Å². The Kier molecular flexibility index (Phi) is 7.12. The molecule has 22 heavy (non-hydrogen) atoms. The van der Waals surface area contributed by atoms with Crippen molar-refractivity contribution in [2.75, 3.05) is 26.4 Å². The van der Waals surface area contributed by atoms with Crippen LogP contribution in [-0.4, -0.2) is 49.6 Å². The molecule has 2 rings (SSSR count). The van der Waals surface area contributed by atoms with Crippen molar-refractivity contribution < 1.29 is 19.4 Å². The summed E-state index contributed by atoms with van der Waals surface area (Å²) in [7, 11) is 0. The fourth-order valence-electron chi connectivity index (χ4n) is 3.54. The molecule has 0 aromatic rings. The average molecular weight is 313 g/mol. The van der Waals surface area contributed by atoms with Gasteiger partial charge in [0.15, 0.2) is 0 Å². The average Bonchev–Trinajstić information content (AvgIpc) is 2.99. The minimum absolute atomic E-state index is 0.0384. The first-order valence-corrected chi connectivity index (χ1v) is 8.81. The molecule has 2 atom stereocenters. The minimum atomic E-state index is -0.188. The first kappa shape index (κ1) is 17.7. The summed E-state index contributed by atoms with van der Waals surface area (Å²) in [5, 5.41) is 12.9. The summed E-state index contributed by atoms with van der Waals surface area (Å²) in [4.78, 5) is 12.2. The number of ether oxygens (including phenoxy) is 2. The van der Waals surface area contributed by atoms with Gasteiger partial charge in [0.25, 0.3) is 0 Å². The highest BCUT2D eigenvalue weighted by Crippen LogP contribution is 2.46. The van der Waals surface area contributed by atoms with Gasteiger partial charge < -0.3 is 19.9 Å². The summed E-state index contributed by atoms with van der Waals surface area (Å²) < 4.78 is 11.2. The quantitative estimate of drug-likeness (QED) is 0.606. The predicted octanol–water partition coefficient (Wildman–Crippen LogP) is 2.02. The van der Waals surface area contributed by atoms with Gasteiger partial charge in [0.05, 0.1) is 18.8 Å². The number of hydrogen-bond acceptors (Lipinski definition) is 4. The summed E-state index contributed by atoms with van der Waals surface area (Å²) >= 11 is 0. The molecule has 1 heterocycles. The second-order valence-electron chi connectivity index (χ2n) is 6.73. The molecule has 1 saturated heterocycles. The van der Waals surface area contributed by atoms with Crippen LogP contribution in [0.3, 0.4) is 0 Å². The van der Waals surface area contributed by atoms with Crippen molar-refractivity contribution in [3.63, 3.8) is 0 Å². The molecule has 0 radical (unpaired) electrons. The van der Waals surface area contributed by atoms with E-state index in [4.69, 9.17) is 9.47 Å². The standard InChI is InChI=1S/C17H31NO4/c1-2-3-4-10-21-12-15(20)18-16(14-7-5-11-22-14)17(13-19)8-6-9-17/h14,16,19H,2-13H2,1H3,(H,18,20). The minimum Gasteiger partial charge on any atom is -0.396 e. The Morgan fingerprint density at radius 2 is 2.23 bits per heavy atom. The topological polar surface area (TPSA) is 67.8 Å². The summed E-state index contributed by atoms with van der Waals surface area (Å²) in [6.45, 7) is 3.76. The van der Waals surface area contributed by atoms with Crippen molar-refractivity contribution in [3.05, 3.63) is 0 Å². The molecule has 2 N–H and O–H groups in total. The molecule has 2 unspecified atom stereocenters. The number of hydrogen-bond donors (Lipinski definition) is 2. The van der Waals surface area contributed by atoms with E-state index in [0.29, 0.717) is 6.61 Å². The lowest BCUT2D eigenvalue weighted by Gasteiger charge is -2.48. The van der Waals surface area contributed by atoms with E-state index in [-0.39, 0.29) is 36.7 Å². The van der Waals surface area contributed by atoms with Crippen LogP contribution in [0.25, 0.3) is 0 Å². The third kappa shape index (κ3) is 4.43. The van der Waals surface area contributed by atoms with Gasteiger partial charge in [0, 0.05) is 18.6 Å². The van der Waals surface area contributed by atoms with Gasteiger partial charge in [-0.3, -0.25) is 4.79 Å². The van der Waals surface area contributed by atoms with Crippen molar-refractivity contribution >= 4 is 5.91 Å². The molecule has 5 nitrogen and oxygen atoms in total. The monoisotopic (exact) mass is 313 g/mol. The van der Waals surface area contributed by atoms with Crippen LogP contribution >= 0.6 is 0 Å². The van der Waals surface area contributed by atoms with E-state index >= 15 is 0 Å². The maximum atomic E-state index is 12.2.